The van der Waals surface area contributed by atoms with Gasteiger partial charge >= 0.3 is 0 Å². The molecule has 0 atom stereocenters. The van der Waals surface area contributed by atoms with Gasteiger partial charge in [0, 0.05) is 4.75 Å². The molecule has 0 aromatic heterocycles. The van der Waals surface area contributed by atoms with Gasteiger partial charge in [-0.15, -0.1) is 4.89 Å². The smallest absolute Gasteiger partial charge is 0.0241 e. The van der Waals surface area contributed by atoms with E-state index in [0.717, 1.165) is 0 Å². The molecule has 0 aromatic carbocycles. The first kappa shape index (κ1) is 7.27. The monoisotopic (exact) mass is 121 g/mol. The zero-order chi connectivity index (χ0) is 5.91. The lowest BCUT2D eigenvalue weighted by molar-refractivity contribution is 0.256. The summed E-state index contributed by atoms with van der Waals surface area (Å²) >= 11 is 1.29. The molecule has 3 heteroatoms. The molecule has 0 aliphatic rings. The highest BCUT2D eigenvalue weighted by molar-refractivity contribution is 7.98. The van der Waals surface area contributed by atoms with Gasteiger partial charge in [0.2, 0.25) is 0 Å². The Morgan fingerprint density at radius 2 is 1.86 bits per heavy atom. The van der Waals surface area contributed by atoms with Gasteiger partial charge in [0.25, 0.3) is 0 Å². The quantitative estimate of drug-likeness (QED) is 0.406. The Balaban J connectivity index is 3.15. The van der Waals surface area contributed by atoms with Crippen LogP contribution in [0.15, 0.2) is 0 Å². The van der Waals surface area contributed by atoms with Crippen molar-refractivity contribution in [1.29, 1.82) is 0 Å². The molecule has 0 rings (SSSR count). The van der Waals surface area contributed by atoms with Gasteiger partial charge in [-0.25, -0.2) is 0 Å². The van der Waals surface area contributed by atoms with E-state index >= 15 is 0 Å². The highest BCUT2D eigenvalue weighted by Crippen LogP contribution is 2.17. The zero-order valence-corrected chi connectivity index (χ0v) is 5.67. The van der Waals surface area contributed by atoms with Crippen molar-refractivity contribution in [3.63, 3.8) is 0 Å². The summed E-state index contributed by atoms with van der Waals surface area (Å²) in [5.74, 6) is 0. The largest absolute Gasteiger partial charge is 0.306 e. The minimum absolute atomic E-state index is 0.106. The SMILES string of the molecule is CC(C)(C)SNO. The Morgan fingerprint density at radius 3 is 1.86 bits per heavy atom. The van der Waals surface area contributed by atoms with Crippen molar-refractivity contribution in [2.24, 2.45) is 0 Å². The molecule has 0 bridgehead atoms. The summed E-state index contributed by atoms with van der Waals surface area (Å²) in [6.45, 7) is 6.04. The van der Waals surface area contributed by atoms with Crippen LogP contribution >= 0.6 is 11.9 Å². The van der Waals surface area contributed by atoms with Gasteiger partial charge in [-0.1, -0.05) is 0 Å². The maximum atomic E-state index is 8.11. The van der Waals surface area contributed by atoms with E-state index < -0.39 is 0 Å². The van der Waals surface area contributed by atoms with E-state index in [1.165, 1.54) is 11.9 Å². The molecule has 44 valence electrons. The minimum atomic E-state index is 0.106. The maximum Gasteiger partial charge on any atom is 0.0241 e. The fraction of sp³-hybridized carbons (Fsp3) is 1.00. The normalized spacial score (nSPS) is 12.0. The molecule has 0 aliphatic carbocycles. The molecule has 0 spiro atoms. The van der Waals surface area contributed by atoms with Crippen molar-refractivity contribution in [1.82, 2.24) is 4.89 Å². The molecule has 7 heavy (non-hydrogen) atoms. The fourth-order valence-corrected chi connectivity index (χ4v) is 0.411. The van der Waals surface area contributed by atoms with Crippen LogP contribution in [0.2, 0.25) is 0 Å². The van der Waals surface area contributed by atoms with Crippen LogP contribution in [-0.2, 0) is 0 Å². The minimum Gasteiger partial charge on any atom is -0.306 e. The first-order valence-electron chi connectivity index (χ1n) is 2.13. The van der Waals surface area contributed by atoms with Gasteiger partial charge in [-0.3, -0.25) is 0 Å². The second kappa shape index (κ2) is 2.55. The molecule has 0 aliphatic heterocycles. The lowest BCUT2D eigenvalue weighted by Gasteiger charge is -2.13. The van der Waals surface area contributed by atoms with Gasteiger partial charge in [-0.05, 0) is 32.7 Å². The third kappa shape index (κ3) is 6.27. The van der Waals surface area contributed by atoms with E-state index in [4.69, 9.17) is 5.21 Å². The third-order valence-electron chi connectivity index (χ3n) is 0.352. The van der Waals surface area contributed by atoms with Crippen molar-refractivity contribution in [3.05, 3.63) is 0 Å². The first-order valence-corrected chi connectivity index (χ1v) is 2.95. The zero-order valence-electron chi connectivity index (χ0n) is 4.86. The number of rotatable bonds is 1. The lowest BCUT2D eigenvalue weighted by Crippen LogP contribution is -2.13. The van der Waals surface area contributed by atoms with Crippen molar-refractivity contribution >= 4 is 11.9 Å². The van der Waals surface area contributed by atoms with Crippen molar-refractivity contribution in [3.8, 4) is 0 Å². The molecule has 2 N–H and O–H groups in total. The lowest BCUT2D eigenvalue weighted by atomic mass is 10.3. The van der Waals surface area contributed by atoms with Crippen molar-refractivity contribution in [2.75, 3.05) is 0 Å². The summed E-state index contributed by atoms with van der Waals surface area (Å²) in [6, 6.07) is 0. The third-order valence-corrected chi connectivity index (χ3v) is 1.06. The van der Waals surface area contributed by atoms with E-state index in [2.05, 4.69) is 0 Å². The van der Waals surface area contributed by atoms with E-state index in [1.807, 2.05) is 25.7 Å². The van der Waals surface area contributed by atoms with Gasteiger partial charge in [0.05, 0.1) is 0 Å². The number of hydrogen-bond acceptors (Lipinski definition) is 3. The first-order chi connectivity index (χ1) is 3.06. The summed E-state index contributed by atoms with van der Waals surface area (Å²) < 4.78 is 0.106. The van der Waals surface area contributed by atoms with Crippen LogP contribution < -0.4 is 4.89 Å². The Bertz CT molecular complexity index is 50.1. The predicted molar refractivity (Wildman–Crippen MR) is 32.3 cm³/mol. The van der Waals surface area contributed by atoms with Crippen LogP contribution in [0, 0.1) is 0 Å². The summed E-state index contributed by atoms with van der Waals surface area (Å²) in [6.07, 6.45) is 0. The number of nitrogens with one attached hydrogen (secondary N) is 1. The standard InChI is InChI=1S/C4H11NOS/c1-4(2,3)7-5-6/h5-6H,1-3H3. The molecule has 0 radical (unpaired) electrons. The van der Waals surface area contributed by atoms with Crippen LogP contribution in [0.25, 0.3) is 0 Å². The molecular weight excluding hydrogens is 110 g/mol. The molecule has 0 amide bonds. The van der Waals surface area contributed by atoms with Crippen LogP contribution in [0.1, 0.15) is 20.8 Å². The molecule has 0 saturated carbocycles. The van der Waals surface area contributed by atoms with Crippen LogP contribution in [0.5, 0.6) is 0 Å². The van der Waals surface area contributed by atoms with Crippen molar-refractivity contribution < 1.29 is 5.21 Å². The van der Waals surface area contributed by atoms with E-state index in [9.17, 15) is 0 Å². The highest BCUT2D eigenvalue weighted by atomic mass is 32.2. The maximum absolute atomic E-state index is 8.11. The topological polar surface area (TPSA) is 32.3 Å². The van der Waals surface area contributed by atoms with Gasteiger partial charge in [-0.2, -0.15) is 0 Å². The van der Waals surface area contributed by atoms with Gasteiger partial charge in [0.15, 0.2) is 0 Å². The molecular formula is C4H11NOS. The average Bonchev–Trinajstić information content (AvgIpc) is 1.30. The van der Waals surface area contributed by atoms with Crippen molar-refractivity contribution in [2.45, 2.75) is 25.5 Å². The predicted octanol–water partition coefficient (Wildman–Crippen LogP) is 1.41. The Hall–Kier alpha value is 0.270. The average molecular weight is 121 g/mol. The van der Waals surface area contributed by atoms with Crippen LogP contribution in [-0.4, -0.2) is 9.95 Å². The van der Waals surface area contributed by atoms with E-state index in [1.54, 1.807) is 0 Å². The Labute approximate surface area is 48.4 Å². The van der Waals surface area contributed by atoms with Crippen LogP contribution in [0.4, 0.5) is 0 Å². The summed E-state index contributed by atoms with van der Waals surface area (Å²) in [4.78, 5) is 2.02. The summed E-state index contributed by atoms with van der Waals surface area (Å²) in [5, 5.41) is 8.11. The van der Waals surface area contributed by atoms with Gasteiger partial charge in [0.1, 0.15) is 0 Å². The molecule has 0 fully saturated rings. The van der Waals surface area contributed by atoms with Crippen LogP contribution in [0.3, 0.4) is 0 Å². The second-order valence-electron chi connectivity index (χ2n) is 2.31. The molecule has 0 unspecified atom stereocenters. The molecule has 2 nitrogen and oxygen atoms in total. The summed E-state index contributed by atoms with van der Waals surface area (Å²) in [7, 11) is 0. The molecule has 0 saturated heterocycles. The Kier molecular flexibility index (Phi) is 2.64. The second-order valence-corrected chi connectivity index (χ2v) is 3.92. The summed E-state index contributed by atoms with van der Waals surface area (Å²) in [5.41, 5.74) is 0. The van der Waals surface area contributed by atoms with E-state index in [-0.39, 0.29) is 4.75 Å². The van der Waals surface area contributed by atoms with Gasteiger partial charge < -0.3 is 5.21 Å². The number of hydrogen-bond donors (Lipinski definition) is 2. The fourth-order valence-electron chi connectivity index (χ4n) is 0.137. The highest BCUT2D eigenvalue weighted by Gasteiger charge is 2.08. The Morgan fingerprint density at radius 1 is 1.43 bits per heavy atom. The molecule has 0 heterocycles. The molecule has 0 aromatic rings. The van der Waals surface area contributed by atoms with E-state index in [0.29, 0.717) is 0 Å².